The van der Waals surface area contributed by atoms with Gasteiger partial charge in [-0.15, -0.1) is 0 Å². The molecule has 2 heterocycles. The summed E-state index contributed by atoms with van der Waals surface area (Å²) < 4.78 is 6.55. The Balaban J connectivity index is 1.70. The fourth-order valence-corrected chi connectivity index (χ4v) is 5.34. The monoisotopic (exact) mass is 364 g/mol. The molecular weight excluding hydrogens is 332 g/mol. The summed E-state index contributed by atoms with van der Waals surface area (Å²) in [5.41, 5.74) is 8.54. The van der Waals surface area contributed by atoms with E-state index in [0.717, 1.165) is 31.6 Å². The summed E-state index contributed by atoms with van der Waals surface area (Å²) in [7, 11) is 0. The van der Waals surface area contributed by atoms with Crippen LogP contribution in [0.5, 0.6) is 5.75 Å². The molecule has 3 aliphatic rings. The Hall–Kier alpha value is -2.00. The van der Waals surface area contributed by atoms with Crippen molar-refractivity contribution in [2.24, 2.45) is 23.5 Å². The van der Waals surface area contributed by atoms with E-state index in [1.54, 1.807) is 6.20 Å². The van der Waals surface area contributed by atoms with E-state index in [4.69, 9.17) is 10.5 Å². The summed E-state index contributed by atoms with van der Waals surface area (Å²) in [5.74, 6) is 3.13. The van der Waals surface area contributed by atoms with Crippen LogP contribution in [0.3, 0.4) is 0 Å². The van der Waals surface area contributed by atoms with E-state index in [9.17, 15) is 0 Å². The predicted molar refractivity (Wildman–Crippen MR) is 112 cm³/mol. The summed E-state index contributed by atoms with van der Waals surface area (Å²) in [6.07, 6.45) is 14.5. The first-order valence-electron chi connectivity index (χ1n) is 10.5. The third-order valence-electron chi connectivity index (χ3n) is 6.82. The fraction of sp³-hybridized carbons (Fsp3) is 0.500. The van der Waals surface area contributed by atoms with Crippen LogP contribution in [0.25, 0.3) is 0 Å². The van der Waals surface area contributed by atoms with Gasteiger partial charge in [0.25, 0.3) is 0 Å². The van der Waals surface area contributed by atoms with Gasteiger partial charge < -0.3 is 15.8 Å². The number of hydrogen-bond donors (Lipinski definition) is 2. The summed E-state index contributed by atoms with van der Waals surface area (Å²) in [5, 5.41) is 3.66. The molecule has 6 atom stereocenters. The number of nitrogens with two attached hydrogens (primary N) is 1. The van der Waals surface area contributed by atoms with Gasteiger partial charge in [-0.05, 0) is 61.4 Å². The first-order chi connectivity index (χ1) is 13.2. The van der Waals surface area contributed by atoms with E-state index < -0.39 is 0 Å². The number of ether oxygens (including phenoxy) is 1. The topological polar surface area (TPSA) is 47.3 Å². The zero-order valence-corrected chi connectivity index (χ0v) is 16.5. The quantitative estimate of drug-likeness (QED) is 0.755. The maximum absolute atomic E-state index is 6.55. The molecule has 0 amide bonds. The van der Waals surface area contributed by atoms with Crippen molar-refractivity contribution in [3.63, 3.8) is 0 Å². The Bertz CT molecular complexity index is 751. The minimum Gasteiger partial charge on any atom is -0.485 e. The van der Waals surface area contributed by atoms with Gasteiger partial charge in [0.05, 0.1) is 6.04 Å². The molecule has 0 bridgehead atoms. The maximum Gasteiger partial charge on any atom is 0.129 e. The molecule has 0 aromatic heterocycles. The second kappa shape index (κ2) is 7.93. The summed E-state index contributed by atoms with van der Waals surface area (Å²) in [6, 6.07) is 8.95. The average Bonchev–Trinajstić information content (AvgIpc) is 3.11. The highest BCUT2D eigenvalue weighted by Crippen LogP contribution is 2.52. The number of para-hydroxylation sites is 1. The van der Waals surface area contributed by atoms with Gasteiger partial charge in [0, 0.05) is 11.5 Å². The summed E-state index contributed by atoms with van der Waals surface area (Å²) in [4.78, 5) is 0. The van der Waals surface area contributed by atoms with Crippen molar-refractivity contribution in [2.45, 2.75) is 51.2 Å². The number of benzene rings is 1. The van der Waals surface area contributed by atoms with Crippen molar-refractivity contribution < 1.29 is 4.74 Å². The number of hydrogen-bond acceptors (Lipinski definition) is 3. The van der Waals surface area contributed by atoms with Gasteiger partial charge in [-0.2, -0.15) is 0 Å². The van der Waals surface area contributed by atoms with Crippen LogP contribution in [0.15, 0.2) is 60.3 Å². The molecule has 6 unspecified atom stereocenters. The van der Waals surface area contributed by atoms with E-state index in [2.05, 4.69) is 67.7 Å². The lowest BCUT2D eigenvalue weighted by Gasteiger charge is -2.40. The molecule has 3 N–H and O–H groups in total. The van der Waals surface area contributed by atoms with Gasteiger partial charge in [0.2, 0.25) is 0 Å². The zero-order chi connectivity index (χ0) is 18.8. The lowest BCUT2D eigenvalue weighted by atomic mass is 9.65. The molecule has 1 aromatic carbocycles. The van der Waals surface area contributed by atoms with Crippen LogP contribution in [0.1, 0.15) is 44.6 Å². The molecule has 1 aliphatic carbocycles. The van der Waals surface area contributed by atoms with Crippen molar-refractivity contribution in [3.05, 3.63) is 65.9 Å². The Morgan fingerprint density at radius 3 is 2.93 bits per heavy atom. The van der Waals surface area contributed by atoms with Gasteiger partial charge >= 0.3 is 0 Å². The molecule has 4 rings (SSSR count). The van der Waals surface area contributed by atoms with Crippen LogP contribution in [-0.4, -0.2) is 18.7 Å². The maximum atomic E-state index is 6.55. The average molecular weight is 365 g/mol. The Morgan fingerprint density at radius 2 is 2.19 bits per heavy atom. The zero-order valence-electron chi connectivity index (χ0n) is 16.5. The third-order valence-corrected chi connectivity index (χ3v) is 6.82. The lowest BCUT2D eigenvalue weighted by molar-refractivity contribution is 0.145. The highest BCUT2D eigenvalue weighted by Gasteiger charge is 2.47. The van der Waals surface area contributed by atoms with E-state index in [1.165, 1.54) is 11.1 Å². The smallest absolute Gasteiger partial charge is 0.129 e. The van der Waals surface area contributed by atoms with E-state index in [0.29, 0.717) is 29.7 Å². The Kier molecular flexibility index (Phi) is 5.40. The summed E-state index contributed by atoms with van der Waals surface area (Å²) in [6.45, 7) is 5.70. The van der Waals surface area contributed by atoms with E-state index in [-0.39, 0.29) is 6.10 Å². The molecule has 0 saturated heterocycles. The minimum absolute atomic E-state index is 0.142. The van der Waals surface area contributed by atoms with Crippen LogP contribution in [0.4, 0.5) is 0 Å². The molecule has 3 nitrogen and oxygen atoms in total. The molecule has 0 radical (unpaired) electrons. The molecule has 3 heteroatoms. The van der Waals surface area contributed by atoms with Crippen molar-refractivity contribution >= 4 is 0 Å². The van der Waals surface area contributed by atoms with Crippen molar-refractivity contribution in [2.75, 3.05) is 6.54 Å². The molecule has 0 fully saturated rings. The van der Waals surface area contributed by atoms with Crippen LogP contribution in [0.2, 0.25) is 0 Å². The van der Waals surface area contributed by atoms with Gasteiger partial charge in [-0.25, -0.2) is 0 Å². The van der Waals surface area contributed by atoms with Gasteiger partial charge in [-0.1, -0.05) is 56.4 Å². The molecule has 144 valence electrons. The van der Waals surface area contributed by atoms with Crippen molar-refractivity contribution in [1.29, 1.82) is 0 Å². The summed E-state index contributed by atoms with van der Waals surface area (Å²) >= 11 is 0. The van der Waals surface area contributed by atoms with E-state index in [1.807, 2.05) is 0 Å². The van der Waals surface area contributed by atoms with Gasteiger partial charge in [0.1, 0.15) is 11.9 Å². The highest BCUT2D eigenvalue weighted by molar-refractivity contribution is 5.47. The van der Waals surface area contributed by atoms with Crippen molar-refractivity contribution in [1.82, 2.24) is 5.32 Å². The van der Waals surface area contributed by atoms with Crippen LogP contribution >= 0.6 is 0 Å². The number of fused-ring (bicyclic) bond motifs is 3. The molecule has 1 aromatic rings. The third kappa shape index (κ3) is 3.34. The van der Waals surface area contributed by atoms with Crippen molar-refractivity contribution in [3.8, 4) is 5.75 Å². The molecule has 2 aliphatic heterocycles. The minimum atomic E-state index is 0.142. The van der Waals surface area contributed by atoms with Crippen LogP contribution in [0, 0.1) is 17.8 Å². The van der Waals surface area contributed by atoms with Gasteiger partial charge in [0.15, 0.2) is 0 Å². The first-order valence-corrected chi connectivity index (χ1v) is 10.5. The highest BCUT2D eigenvalue weighted by atomic mass is 16.5. The standard InChI is InChI=1S/C24H32N2O/c1-3-17(13-14-25)16(2)18-11-12-19(21-9-6-7-15-26-21)24-23(18)20-8-4-5-10-22(20)27-24/h4-6,8-10,12-14,16-18,21,23-24,26H,3,7,11,15,25H2,1-2H3/b14-13-. The van der Waals surface area contributed by atoms with Gasteiger partial charge in [-0.3, -0.25) is 0 Å². The largest absolute Gasteiger partial charge is 0.485 e. The Morgan fingerprint density at radius 1 is 1.33 bits per heavy atom. The Labute approximate surface area is 163 Å². The van der Waals surface area contributed by atoms with E-state index >= 15 is 0 Å². The van der Waals surface area contributed by atoms with Crippen LogP contribution < -0.4 is 15.8 Å². The number of rotatable bonds is 5. The fourth-order valence-electron chi connectivity index (χ4n) is 5.34. The second-order valence-corrected chi connectivity index (χ2v) is 8.17. The first kappa shape index (κ1) is 18.4. The predicted octanol–water partition coefficient (Wildman–Crippen LogP) is 4.53. The molecular formula is C24H32N2O. The lowest BCUT2D eigenvalue weighted by Crippen LogP contribution is -2.43. The molecule has 0 spiro atoms. The van der Waals surface area contributed by atoms with Crippen LogP contribution in [-0.2, 0) is 0 Å². The number of allylic oxidation sites excluding steroid dienone is 2. The normalized spacial score (nSPS) is 31.7. The molecule has 27 heavy (non-hydrogen) atoms. The SMILES string of the molecule is CCC(/C=C\N)C(C)C1CC=C(C2C=CCCN2)C2Oc3ccccc3C21. The molecule has 0 saturated carbocycles. The number of nitrogens with one attached hydrogen (secondary N) is 1. The second-order valence-electron chi connectivity index (χ2n) is 8.17.